The minimum Gasteiger partial charge on any atom is -0.497 e. The van der Waals surface area contributed by atoms with Gasteiger partial charge in [-0.25, -0.2) is 0 Å². The van der Waals surface area contributed by atoms with Crippen molar-refractivity contribution in [3.05, 3.63) is 65.7 Å². The summed E-state index contributed by atoms with van der Waals surface area (Å²) in [7, 11) is 1.63. The molecule has 2 rings (SSSR count). The Hall–Kier alpha value is -2.47. The lowest BCUT2D eigenvalue weighted by molar-refractivity contribution is -0.141. The molecule has 1 atom stereocenters. The monoisotopic (exact) mass is 456 g/mol. The van der Waals surface area contributed by atoms with E-state index in [0.29, 0.717) is 25.9 Å². The van der Waals surface area contributed by atoms with Gasteiger partial charge in [-0.3, -0.25) is 9.59 Å². The molecule has 6 heteroatoms. The van der Waals surface area contributed by atoms with E-state index in [1.165, 1.54) is 5.56 Å². The molecule has 0 aromatic heterocycles. The van der Waals surface area contributed by atoms with Gasteiger partial charge < -0.3 is 15.0 Å². The SMILES string of the molecule is CCCCNC(=O)[C@H](CC)N(Cc1ccc(OC)cc1)C(=O)CCSCc1ccccc1. The molecule has 0 spiro atoms. The van der Waals surface area contributed by atoms with E-state index in [0.717, 1.165) is 35.7 Å². The predicted molar refractivity (Wildman–Crippen MR) is 133 cm³/mol. The van der Waals surface area contributed by atoms with Gasteiger partial charge in [0.25, 0.3) is 0 Å². The van der Waals surface area contributed by atoms with E-state index in [-0.39, 0.29) is 11.8 Å². The van der Waals surface area contributed by atoms with E-state index < -0.39 is 6.04 Å². The fraction of sp³-hybridized carbons (Fsp3) is 0.462. The molecule has 2 aromatic carbocycles. The van der Waals surface area contributed by atoms with Crippen LogP contribution in [0.2, 0.25) is 0 Å². The lowest BCUT2D eigenvalue weighted by Crippen LogP contribution is -2.49. The van der Waals surface area contributed by atoms with Crippen LogP contribution < -0.4 is 10.1 Å². The van der Waals surface area contributed by atoms with Crippen LogP contribution in [0.3, 0.4) is 0 Å². The number of carbonyl (C=O) groups is 2. The second kappa shape index (κ2) is 14.6. The number of methoxy groups -OCH3 is 1. The van der Waals surface area contributed by atoms with Gasteiger partial charge >= 0.3 is 0 Å². The number of benzene rings is 2. The third-order valence-corrected chi connectivity index (χ3v) is 6.33. The molecule has 0 aliphatic rings. The summed E-state index contributed by atoms with van der Waals surface area (Å²) in [6.07, 6.45) is 2.94. The Balaban J connectivity index is 2.04. The van der Waals surface area contributed by atoms with Crippen molar-refractivity contribution in [3.63, 3.8) is 0 Å². The first-order valence-electron chi connectivity index (χ1n) is 11.4. The van der Waals surface area contributed by atoms with Crippen molar-refractivity contribution in [1.29, 1.82) is 0 Å². The number of carbonyl (C=O) groups excluding carboxylic acids is 2. The molecule has 0 bridgehead atoms. The van der Waals surface area contributed by atoms with Crippen molar-refractivity contribution in [3.8, 4) is 5.75 Å². The minimum atomic E-state index is -0.472. The summed E-state index contributed by atoms with van der Waals surface area (Å²) < 4.78 is 5.24. The lowest BCUT2D eigenvalue weighted by atomic mass is 10.1. The molecule has 5 nitrogen and oxygen atoms in total. The van der Waals surface area contributed by atoms with Crippen LogP contribution in [0.15, 0.2) is 54.6 Å². The zero-order valence-electron chi connectivity index (χ0n) is 19.5. The largest absolute Gasteiger partial charge is 0.497 e. The maximum absolute atomic E-state index is 13.2. The van der Waals surface area contributed by atoms with E-state index in [9.17, 15) is 9.59 Å². The second-order valence-corrected chi connectivity index (χ2v) is 8.83. The van der Waals surface area contributed by atoms with Gasteiger partial charge in [-0.1, -0.05) is 62.7 Å². The number of thioether (sulfide) groups is 1. The quantitative estimate of drug-likeness (QED) is 0.405. The van der Waals surface area contributed by atoms with E-state index in [1.807, 2.05) is 49.4 Å². The molecule has 0 heterocycles. The maximum Gasteiger partial charge on any atom is 0.242 e. The van der Waals surface area contributed by atoms with Crippen molar-refractivity contribution >= 4 is 23.6 Å². The van der Waals surface area contributed by atoms with Crippen LogP contribution in [0.5, 0.6) is 5.75 Å². The Labute approximate surface area is 196 Å². The Morgan fingerprint density at radius 3 is 2.38 bits per heavy atom. The normalized spacial score (nSPS) is 11.6. The van der Waals surface area contributed by atoms with Crippen molar-refractivity contribution in [2.24, 2.45) is 0 Å². The Kier molecular flexibility index (Phi) is 11.7. The summed E-state index contributed by atoms with van der Waals surface area (Å²) in [5.74, 6) is 2.31. The van der Waals surface area contributed by atoms with Crippen molar-refractivity contribution in [1.82, 2.24) is 10.2 Å². The predicted octanol–water partition coefficient (Wildman–Crippen LogP) is 5.04. The molecule has 0 fully saturated rings. The number of rotatable bonds is 14. The van der Waals surface area contributed by atoms with Gasteiger partial charge in [-0.05, 0) is 36.1 Å². The molecular weight excluding hydrogens is 420 g/mol. The number of hydrogen-bond donors (Lipinski definition) is 1. The summed E-state index contributed by atoms with van der Waals surface area (Å²) in [6, 6.07) is 17.5. The van der Waals surface area contributed by atoms with Crippen LogP contribution in [0.25, 0.3) is 0 Å². The van der Waals surface area contributed by atoms with E-state index in [4.69, 9.17) is 4.74 Å². The summed E-state index contributed by atoms with van der Waals surface area (Å²) in [6.45, 7) is 5.10. The molecule has 174 valence electrons. The number of nitrogens with one attached hydrogen (secondary N) is 1. The van der Waals surface area contributed by atoms with Crippen molar-refractivity contribution in [2.75, 3.05) is 19.4 Å². The summed E-state index contributed by atoms with van der Waals surface area (Å²) in [5, 5.41) is 3.00. The van der Waals surface area contributed by atoms with Crippen LogP contribution in [0.4, 0.5) is 0 Å². The van der Waals surface area contributed by atoms with Gasteiger partial charge in [-0.15, -0.1) is 0 Å². The van der Waals surface area contributed by atoms with Crippen LogP contribution in [0, 0.1) is 0 Å². The molecule has 0 aliphatic carbocycles. The van der Waals surface area contributed by atoms with Crippen LogP contribution in [-0.4, -0.2) is 42.2 Å². The molecule has 32 heavy (non-hydrogen) atoms. The first kappa shape index (κ1) is 25.8. The highest BCUT2D eigenvalue weighted by atomic mass is 32.2. The number of amides is 2. The smallest absolute Gasteiger partial charge is 0.242 e. The highest BCUT2D eigenvalue weighted by Crippen LogP contribution is 2.19. The van der Waals surface area contributed by atoms with Gasteiger partial charge in [0.1, 0.15) is 11.8 Å². The number of nitrogens with zero attached hydrogens (tertiary/aromatic N) is 1. The molecule has 1 N–H and O–H groups in total. The third kappa shape index (κ3) is 8.58. The van der Waals surface area contributed by atoms with Crippen LogP contribution >= 0.6 is 11.8 Å². The first-order chi connectivity index (χ1) is 15.6. The van der Waals surface area contributed by atoms with Gasteiger partial charge in [0.15, 0.2) is 0 Å². The zero-order chi connectivity index (χ0) is 23.2. The minimum absolute atomic E-state index is 0.0128. The molecular formula is C26H36N2O3S. The van der Waals surface area contributed by atoms with Gasteiger partial charge in [-0.2, -0.15) is 11.8 Å². The number of hydrogen-bond acceptors (Lipinski definition) is 4. The summed E-state index contributed by atoms with van der Waals surface area (Å²) in [4.78, 5) is 27.8. The zero-order valence-corrected chi connectivity index (χ0v) is 20.3. The highest BCUT2D eigenvalue weighted by molar-refractivity contribution is 7.98. The van der Waals surface area contributed by atoms with Crippen LogP contribution in [-0.2, 0) is 21.9 Å². The fourth-order valence-electron chi connectivity index (χ4n) is 3.42. The summed E-state index contributed by atoms with van der Waals surface area (Å²) in [5.41, 5.74) is 2.23. The molecule has 2 aromatic rings. The molecule has 0 saturated carbocycles. The highest BCUT2D eigenvalue weighted by Gasteiger charge is 2.28. The van der Waals surface area contributed by atoms with Gasteiger partial charge in [0.05, 0.1) is 7.11 Å². The molecule has 0 aliphatic heterocycles. The molecule has 0 saturated heterocycles. The Bertz CT molecular complexity index is 812. The maximum atomic E-state index is 13.2. The van der Waals surface area contributed by atoms with Crippen molar-refractivity contribution < 1.29 is 14.3 Å². The standard InChI is InChI=1S/C26H36N2O3S/c1-4-6-17-27-26(30)24(5-2)28(19-21-12-14-23(31-3)15-13-21)25(29)16-18-32-20-22-10-8-7-9-11-22/h7-15,24H,4-6,16-20H2,1-3H3,(H,27,30)/t24-/m0/s1. The second-order valence-electron chi connectivity index (χ2n) is 7.73. The van der Waals surface area contributed by atoms with Crippen molar-refractivity contribution in [2.45, 2.75) is 57.9 Å². The van der Waals surface area contributed by atoms with Gasteiger partial charge in [0, 0.05) is 31.0 Å². The number of unbranched alkanes of at least 4 members (excludes halogenated alkanes) is 1. The average molecular weight is 457 g/mol. The topological polar surface area (TPSA) is 58.6 Å². The van der Waals surface area contributed by atoms with E-state index in [2.05, 4.69) is 24.4 Å². The third-order valence-electron chi connectivity index (χ3n) is 5.30. The molecule has 0 radical (unpaired) electrons. The van der Waals surface area contributed by atoms with E-state index >= 15 is 0 Å². The number of ether oxygens (including phenoxy) is 1. The average Bonchev–Trinajstić information content (AvgIpc) is 2.82. The summed E-state index contributed by atoms with van der Waals surface area (Å²) >= 11 is 1.74. The Morgan fingerprint density at radius 2 is 1.75 bits per heavy atom. The molecule has 2 amide bonds. The first-order valence-corrected chi connectivity index (χ1v) is 12.6. The fourth-order valence-corrected chi connectivity index (χ4v) is 4.31. The van der Waals surface area contributed by atoms with Gasteiger partial charge in [0.2, 0.25) is 11.8 Å². The molecule has 0 unspecified atom stereocenters. The lowest BCUT2D eigenvalue weighted by Gasteiger charge is -2.30. The Morgan fingerprint density at radius 1 is 1.03 bits per heavy atom. The van der Waals surface area contributed by atoms with E-state index in [1.54, 1.807) is 23.8 Å². The van der Waals surface area contributed by atoms with Crippen LogP contribution in [0.1, 0.15) is 50.7 Å².